The molecular formula is C15H16FN. The van der Waals surface area contributed by atoms with Gasteiger partial charge in [0, 0.05) is 15.9 Å². The van der Waals surface area contributed by atoms with Gasteiger partial charge in [-0.2, -0.15) is 0 Å². The Morgan fingerprint density at radius 3 is 2.53 bits per heavy atom. The van der Waals surface area contributed by atoms with Crippen LogP contribution in [0.15, 0.2) is 36.5 Å². The highest BCUT2D eigenvalue weighted by Crippen LogP contribution is 2.24. The molecule has 0 amide bonds. The molecule has 0 saturated carbocycles. The molecule has 0 N–H and O–H groups in total. The smallest absolute Gasteiger partial charge is 0.123 e. The lowest BCUT2D eigenvalue weighted by Gasteiger charge is -2.11. The van der Waals surface area contributed by atoms with Crippen molar-refractivity contribution in [3.63, 3.8) is 0 Å². The van der Waals surface area contributed by atoms with E-state index >= 15 is 0 Å². The zero-order valence-electron chi connectivity index (χ0n) is 12.9. The summed E-state index contributed by atoms with van der Waals surface area (Å²) < 4.78 is 35.6. The summed E-state index contributed by atoms with van der Waals surface area (Å²) in [7, 11) is 0. The number of rotatable bonds is 2. The van der Waals surface area contributed by atoms with Gasteiger partial charge in [-0.3, -0.25) is 4.98 Å². The minimum atomic E-state index is -2.17. The van der Waals surface area contributed by atoms with Gasteiger partial charge in [-0.1, -0.05) is 13.8 Å². The van der Waals surface area contributed by atoms with Crippen molar-refractivity contribution in [2.24, 2.45) is 0 Å². The SMILES string of the molecule is [2H]C([2H])([2H])c1cnc(-c2ccc(F)cc2)cc1C(C)C. The van der Waals surface area contributed by atoms with Crippen LogP contribution in [0.2, 0.25) is 0 Å². The number of halogens is 1. The van der Waals surface area contributed by atoms with Crippen LogP contribution in [0.1, 0.15) is 35.0 Å². The van der Waals surface area contributed by atoms with Crippen molar-refractivity contribution < 1.29 is 8.50 Å². The van der Waals surface area contributed by atoms with Gasteiger partial charge in [-0.05, 0) is 54.2 Å². The van der Waals surface area contributed by atoms with Crippen molar-refractivity contribution in [1.29, 1.82) is 0 Å². The Balaban J connectivity index is 2.53. The molecule has 2 rings (SSSR count). The molecule has 0 atom stereocenters. The molecule has 2 heteroatoms. The first-order chi connectivity index (χ1) is 9.29. The van der Waals surface area contributed by atoms with Crippen LogP contribution < -0.4 is 0 Å². The van der Waals surface area contributed by atoms with Gasteiger partial charge >= 0.3 is 0 Å². The van der Waals surface area contributed by atoms with Crippen molar-refractivity contribution in [2.45, 2.75) is 26.6 Å². The highest BCUT2D eigenvalue weighted by atomic mass is 19.1. The Hall–Kier alpha value is -1.70. The Bertz CT molecular complexity index is 604. The second-order valence-electron chi connectivity index (χ2n) is 4.32. The summed E-state index contributed by atoms with van der Waals surface area (Å²) in [6.07, 6.45) is 1.40. The Morgan fingerprint density at radius 1 is 1.24 bits per heavy atom. The van der Waals surface area contributed by atoms with E-state index in [4.69, 9.17) is 4.11 Å². The molecule has 2 aromatic rings. The van der Waals surface area contributed by atoms with Crippen LogP contribution in [-0.4, -0.2) is 4.98 Å². The fourth-order valence-electron chi connectivity index (χ4n) is 1.73. The molecule has 17 heavy (non-hydrogen) atoms. The predicted molar refractivity (Wildman–Crippen MR) is 68.5 cm³/mol. The molecule has 1 aromatic heterocycles. The van der Waals surface area contributed by atoms with E-state index in [2.05, 4.69) is 4.98 Å². The molecule has 88 valence electrons. The van der Waals surface area contributed by atoms with E-state index in [1.165, 1.54) is 18.3 Å². The summed E-state index contributed by atoms with van der Waals surface area (Å²) in [6, 6.07) is 7.78. The highest BCUT2D eigenvalue weighted by Gasteiger charge is 2.07. The molecule has 1 aromatic carbocycles. The molecule has 0 radical (unpaired) electrons. The standard InChI is InChI=1S/C15H16FN/c1-10(2)14-8-15(17-9-11(14)3)12-4-6-13(16)7-5-12/h4-10H,1-3H3/i3D3. The average Bonchev–Trinajstić information content (AvgIpc) is 2.37. The van der Waals surface area contributed by atoms with Gasteiger partial charge in [-0.25, -0.2) is 4.39 Å². The molecule has 0 unspecified atom stereocenters. The van der Waals surface area contributed by atoms with Gasteiger partial charge < -0.3 is 0 Å². The molecule has 0 saturated heterocycles. The number of hydrogen-bond donors (Lipinski definition) is 0. The molecular weight excluding hydrogens is 213 g/mol. The minimum absolute atomic E-state index is 0.0765. The van der Waals surface area contributed by atoms with Gasteiger partial charge in [0.15, 0.2) is 0 Å². The molecule has 1 heterocycles. The summed E-state index contributed by atoms with van der Waals surface area (Å²) in [6.45, 7) is 1.71. The summed E-state index contributed by atoms with van der Waals surface area (Å²) in [5.74, 6) is -0.232. The summed E-state index contributed by atoms with van der Waals surface area (Å²) in [5.41, 5.74) is 2.45. The maximum Gasteiger partial charge on any atom is 0.123 e. The zero-order valence-corrected chi connectivity index (χ0v) is 9.87. The van der Waals surface area contributed by atoms with Gasteiger partial charge in [0.2, 0.25) is 0 Å². The van der Waals surface area contributed by atoms with Crippen LogP contribution in [0.4, 0.5) is 4.39 Å². The first-order valence-electron chi connectivity index (χ1n) is 7.05. The summed E-state index contributed by atoms with van der Waals surface area (Å²) >= 11 is 0. The van der Waals surface area contributed by atoms with E-state index < -0.39 is 6.85 Å². The minimum Gasteiger partial charge on any atom is -0.256 e. The highest BCUT2D eigenvalue weighted by molar-refractivity contribution is 5.60. The van der Waals surface area contributed by atoms with Crippen LogP contribution in [0.25, 0.3) is 11.3 Å². The van der Waals surface area contributed by atoms with E-state index in [1.807, 2.05) is 13.8 Å². The molecule has 1 nitrogen and oxygen atoms in total. The number of aromatic nitrogens is 1. The first kappa shape index (κ1) is 8.40. The topological polar surface area (TPSA) is 12.9 Å². The van der Waals surface area contributed by atoms with Crippen molar-refractivity contribution in [1.82, 2.24) is 4.98 Å². The quantitative estimate of drug-likeness (QED) is 0.751. The fraction of sp³-hybridized carbons (Fsp3) is 0.267. The Labute approximate surface area is 106 Å². The van der Waals surface area contributed by atoms with Crippen molar-refractivity contribution >= 4 is 0 Å². The number of pyridine rings is 1. The van der Waals surface area contributed by atoms with Crippen LogP contribution in [0.5, 0.6) is 0 Å². The zero-order chi connectivity index (χ0) is 14.9. The maximum absolute atomic E-state index is 12.9. The third-order valence-corrected chi connectivity index (χ3v) is 2.70. The lowest BCUT2D eigenvalue weighted by Crippen LogP contribution is -1.95. The molecule has 0 aliphatic rings. The van der Waals surface area contributed by atoms with E-state index in [0.717, 1.165) is 11.1 Å². The second-order valence-corrected chi connectivity index (χ2v) is 4.32. The lowest BCUT2D eigenvalue weighted by atomic mass is 9.97. The van der Waals surface area contributed by atoms with Crippen LogP contribution in [-0.2, 0) is 0 Å². The van der Waals surface area contributed by atoms with Gasteiger partial charge in [0.05, 0.1) is 5.69 Å². The van der Waals surface area contributed by atoms with Crippen LogP contribution in [0, 0.1) is 12.7 Å². The molecule has 0 spiro atoms. The molecule has 0 bridgehead atoms. The molecule has 0 fully saturated rings. The number of nitrogens with zero attached hydrogens (tertiary/aromatic N) is 1. The van der Waals surface area contributed by atoms with Crippen molar-refractivity contribution in [2.75, 3.05) is 0 Å². The first-order valence-corrected chi connectivity index (χ1v) is 5.55. The molecule has 0 aliphatic carbocycles. The number of hydrogen-bond acceptors (Lipinski definition) is 1. The van der Waals surface area contributed by atoms with Gasteiger partial charge in [0.25, 0.3) is 0 Å². The largest absolute Gasteiger partial charge is 0.256 e. The van der Waals surface area contributed by atoms with Gasteiger partial charge in [0.1, 0.15) is 5.82 Å². The average molecular weight is 232 g/mol. The number of aryl methyl sites for hydroxylation is 1. The second kappa shape index (κ2) is 4.66. The number of benzene rings is 1. The van der Waals surface area contributed by atoms with Crippen molar-refractivity contribution in [3.05, 3.63) is 53.5 Å². The van der Waals surface area contributed by atoms with E-state index in [9.17, 15) is 4.39 Å². The van der Waals surface area contributed by atoms with Crippen molar-refractivity contribution in [3.8, 4) is 11.3 Å². The fourth-order valence-corrected chi connectivity index (χ4v) is 1.73. The third kappa shape index (κ3) is 2.52. The monoisotopic (exact) mass is 232 g/mol. The van der Waals surface area contributed by atoms with E-state index in [-0.39, 0.29) is 17.3 Å². The van der Waals surface area contributed by atoms with Crippen LogP contribution in [0.3, 0.4) is 0 Å². The lowest BCUT2D eigenvalue weighted by molar-refractivity contribution is 0.628. The van der Waals surface area contributed by atoms with Gasteiger partial charge in [-0.15, -0.1) is 0 Å². The molecule has 0 aliphatic heterocycles. The normalized spacial score (nSPS) is 14.2. The van der Waals surface area contributed by atoms with Crippen LogP contribution >= 0.6 is 0 Å². The van der Waals surface area contributed by atoms with E-state index in [0.29, 0.717) is 5.69 Å². The summed E-state index contributed by atoms with van der Waals surface area (Å²) in [4.78, 5) is 4.21. The Kier molecular flexibility index (Phi) is 2.30. The maximum atomic E-state index is 12.9. The Morgan fingerprint density at radius 2 is 1.94 bits per heavy atom. The van der Waals surface area contributed by atoms with E-state index in [1.54, 1.807) is 18.2 Å². The third-order valence-electron chi connectivity index (χ3n) is 2.70. The summed E-state index contributed by atoms with van der Waals surface area (Å²) in [5, 5.41) is 0. The predicted octanol–water partition coefficient (Wildman–Crippen LogP) is 4.32.